The van der Waals surface area contributed by atoms with Gasteiger partial charge in [-0.05, 0) is 75.3 Å². The Morgan fingerprint density at radius 2 is 1.81 bits per heavy atom. The van der Waals surface area contributed by atoms with Gasteiger partial charge in [-0.15, -0.1) is 0 Å². The van der Waals surface area contributed by atoms with Gasteiger partial charge in [0.25, 0.3) is 10.0 Å². The molecule has 2 aromatic carbocycles. The largest absolute Gasteiger partial charge is 0.497 e. The Kier molecular flexibility index (Phi) is 4.48. The van der Waals surface area contributed by atoms with Crippen LogP contribution < -0.4 is 4.74 Å². The van der Waals surface area contributed by atoms with E-state index in [0.717, 1.165) is 53.7 Å². The second-order valence-corrected chi connectivity index (χ2v) is 9.02. The van der Waals surface area contributed by atoms with E-state index in [1.54, 1.807) is 35.3 Å². The van der Waals surface area contributed by atoms with Gasteiger partial charge in [0.05, 0.1) is 17.5 Å². The number of fused-ring (bicyclic) bond motifs is 3. The van der Waals surface area contributed by atoms with Crippen LogP contribution in [0, 0.1) is 6.92 Å². The summed E-state index contributed by atoms with van der Waals surface area (Å²) in [4.78, 5) is 2.54. The van der Waals surface area contributed by atoms with Crippen molar-refractivity contribution in [2.24, 2.45) is 0 Å². The van der Waals surface area contributed by atoms with Gasteiger partial charge in [-0.2, -0.15) is 0 Å². The van der Waals surface area contributed by atoms with E-state index in [9.17, 15) is 8.42 Å². The summed E-state index contributed by atoms with van der Waals surface area (Å²) in [5.74, 6) is 0.641. The van der Waals surface area contributed by atoms with E-state index in [2.05, 4.69) is 18.0 Å². The van der Waals surface area contributed by atoms with E-state index in [0.29, 0.717) is 5.75 Å². The predicted octanol–water partition coefficient (Wildman–Crippen LogP) is 3.57. The molecular formula is C21H24N2O3S. The minimum Gasteiger partial charge on any atom is -0.497 e. The molecule has 1 aliphatic heterocycles. The van der Waals surface area contributed by atoms with Crippen molar-refractivity contribution in [3.8, 4) is 5.75 Å². The molecule has 0 radical (unpaired) electrons. The van der Waals surface area contributed by atoms with Crippen LogP contribution >= 0.6 is 0 Å². The first kappa shape index (κ1) is 18.1. The minimum absolute atomic E-state index is 0.279. The summed E-state index contributed by atoms with van der Waals surface area (Å²) in [6, 6.07) is 12.6. The minimum atomic E-state index is -3.69. The zero-order chi connectivity index (χ0) is 19.2. The van der Waals surface area contributed by atoms with E-state index >= 15 is 0 Å². The van der Waals surface area contributed by atoms with Gasteiger partial charge in [0, 0.05) is 17.6 Å². The summed E-state index contributed by atoms with van der Waals surface area (Å²) < 4.78 is 33.9. The number of nitrogens with zero attached hydrogens (tertiary/aromatic N) is 2. The van der Waals surface area contributed by atoms with Gasteiger partial charge in [0.2, 0.25) is 0 Å². The Morgan fingerprint density at radius 1 is 1.07 bits per heavy atom. The van der Waals surface area contributed by atoms with Crippen molar-refractivity contribution >= 4 is 20.9 Å². The number of hydrogen-bond donors (Lipinski definition) is 0. The van der Waals surface area contributed by atoms with Crippen LogP contribution in [0.4, 0.5) is 0 Å². The molecule has 0 unspecified atom stereocenters. The Balaban J connectivity index is 1.99. The van der Waals surface area contributed by atoms with Crippen LogP contribution in [0.25, 0.3) is 10.9 Å². The average molecular weight is 385 g/mol. The van der Waals surface area contributed by atoms with E-state index in [1.165, 1.54) is 0 Å². The van der Waals surface area contributed by atoms with Crippen LogP contribution in [0.5, 0.6) is 5.75 Å². The molecule has 0 atom stereocenters. The fourth-order valence-electron chi connectivity index (χ4n) is 3.91. The SMILES string of the molecule is COc1ccc(S(=O)(=O)n2c3c(c4cc(C)ccc42)CN(C)CCC3)cc1. The molecule has 1 aromatic heterocycles. The zero-order valence-electron chi connectivity index (χ0n) is 15.9. The molecule has 0 N–H and O–H groups in total. The molecule has 3 aromatic rings. The first-order valence-corrected chi connectivity index (χ1v) is 10.6. The lowest BCUT2D eigenvalue weighted by Crippen LogP contribution is -2.17. The smallest absolute Gasteiger partial charge is 0.268 e. The fourth-order valence-corrected chi connectivity index (χ4v) is 5.51. The highest BCUT2D eigenvalue weighted by molar-refractivity contribution is 7.90. The number of hydrogen-bond acceptors (Lipinski definition) is 4. The van der Waals surface area contributed by atoms with Gasteiger partial charge in [-0.1, -0.05) is 11.6 Å². The number of aromatic nitrogens is 1. The Morgan fingerprint density at radius 3 is 2.52 bits per heavy atom. The third-order valence-electron chi connectivity index (χ3n) is 5.27. The molecule has 2 heterocycles. The predicted molar refractivity (Wildman–Crippen MR) is 107 cm³/mol. The number of rotatable bonds is 3. The number of methoxy groups -OCH3 is 1. The van der Waals surface area contributed by atoms with Gasteiger partial charge in [-0.3, -0.25) is 0 Å². The third-order valence-corrected chi connectivity index (χ3v) is 7.03. The summed E-state index contributed by atoms with van der Waals surface area (Å²) in [7, 11) is -0.0322. The van der Waals surface area contributed by atoms with Gasteiger partial charge in [0.15, 0.2) is 0 Å². The molecular weight excluding hydrogens is 360 g/mol. The molecule has 0 amide bonds. The van der Waals surface area contributed by atoms with Crippen molar-refractivity contribution in [1.29, 1.82) is 0 Å². The van der Waals surface area contributed by atoms with Crippen molar-refractivity contribution in [3.63, 3.8) is 0 Å². The molecule has 4 rings (SSSR count). The van der Waals surface area contributed by atoms with E-state index in [1.807, 2.05) is 19.1 Å². The molecule has 0 saturated carbocycles. The van der Waals surface area contributed by atoms with Crippen molar-refractivity contribution in [1.82, 2.24) is 8.87 Å². The molecule has 5 nitrogen and oxygen atoms in total. The third kappa shape index (κ3) is 3.03. The van der Waals surface area contributed by atoms with Gasteiger partial charge < -0.3 is 9.64 Å². The number of aryl methyl sites for hydroxylation is 1. The van der Waals surface area contributed by atoms with Crippen LogP contribution in [0.3, 0.4) is 0 Å². The molecule has 142 valence electrons. The van der Waals surface area contributed by atoms with Crippen LogP contribution in [0.1, 0.15) is 23.2 Å². The van der Waals surface area contributed by atoms with Crippen LogP contribution in [-0.2, 0) is 23.0 Å². The molecule has 0 aliphatic carbocycles. The summed E-state index contributed by atoms with van der Waals surface area (Å²) in [5, 5.41) is 1.04. The van der Waals surface area contributed by atoms with Crippen molar-refractivity contribution in [2.75, 3.05) is 20.7 Å². The van der Waals surface area contributed by atoms with Gasteiger partial charge in [-0.25, -0.2) is 12.4 Å². The molecule has 0 spiro atoms. The maximum Gasteiger partial charge on any atom is 0.268 e. The van der Waals surface area contributed by atoms with E-state index in [-0.39, 0.29) is 4.90 Å². The quantitative estimate of drug-likeness (QED) is 0.693. The van der Waals surface area contributed by atoms with Gasteiger partial charge in [0.1, 0.15) is 5.75 Å². The highest BCUT2D eigenvalue weighted by Gasteiger charge is 2.28. The zero-order valence-corrected chi connectivity index (χ0v) is 16.7. The van der Waals surface area contributed by atoms with Crippen LogP contribution in [0.15, 0.2) is 47.4 Å². The number of ether oxygens (including phenoxy) is 1. The lowest BCUT2D eigenvalue weighted by atomic mass is 10.1. The summed E-state index contributed by atoms with van der Waals surface area (Å²) in [6.45, 7) is 3.77. The highest BCUT2D eigenvalue weighted by atomic mass is 32.2. The molecule has 6 heteroatoms. The Hall–Kier alpha value is -2.31. The van der Waals surface area contributed by atoms with Crippen molar-refractivity contribution < 1.29 is 13.2 Å². The first-order chi connectivity index (χ1) is 12.9. The summed E-state index contributed by atoms with van der Waals surface area (Å²) in [6.07, 6.45) is 1.69. The fraction of sp³-hybridized carbons (Fsp3) is 0.333. The molecule has 1 aliphatic rings. The highest BCUT2D eigenvalue weighted by Crippen LogP contribution is 2.34. The van der Waals surface area contributed by atoms with Crippen LogP contribution in [0.2, 0.25) is 0 Å². The Bertz CT molecular complexity index is 1100. The molecule has 0 fully saturated rings. The normalized spacial score (nSPS) is 15.5. The number of benzene rings is 2. The maximum atomic E-state index is 13.6. The van der Waals surface area contributed by atoms with Crippen molar-refractivity contribution in [3.05, 3.63) is 59.3 Å². The standard InChI is InChI=1S/C21H24N2O3S/c1-15-6-11-21-18(13-15)19-14-22(2)12-4-5-20(19)23(21)27(24,25)17-9-7-16(26-3)8-10-17/h6-11,13H,4-5,12,14H2,1-3H3. The average Bonchev–Trinajstić information content (AvgIpc) is 2.82. The summed E-state index contributed by atoms with van der Waals surface area (Å²) >= 11 is 0. The van der Waals surface area contributed by atoms with Gasteiger partial charge >= 0.3 is 0 Å². The van der Waals surface area contributed by atoms with E-state index < -0.39 is 10.0 Å². The first-order valence-electron chi connectivity index (χ1n) is 9.13. The molecule has 27 heavy (non-hydrogen) atoms. The van der Waals surface area contributed by atoms with Crippen LogP contribution in [-0.4, -0.2) is 38.0 Å². The Labute approximate surface area is 160 Å². The lowest BCUT2D eigenvalue weighted by molar-refractivity contribution is 0.333. The van der Waals surface area contributed by atoms with E-state index in [4.69, 9.17) is 4.74 Å². The monoisotopic (exact) mass is 384 g/mol. The molecule has 0 bridgehead atoms. The summed E-state index contributed by atoms with van der Waals surface area (Å²) in [5.41, 5.74) is 3.94. The van der Waals surface area contributed by atoms with Crippen molar-refractivity contribution in [2.45, 2.75) is 31.2 Å². The topological polar surface area (TPSA) is 51.5 Å². The molecule has 0 saturated heterocycles. The maximum absolute atomic E-state index is 13.6. The second kappa shape index (κ2) is 6.69. The second-order valence-electron chi connectivity index (χ2n) is 7.23. The lowest BCUT2D eigenvalue weighted by Gasteiger charge is -2.12.